The normalized spacial score (nSPS) is 15.4. The highest BCUT2D eigenvalue weighted by Crippen LogP contribution is 2.26. The number of amides is 1. The van der Waals surface area contributed by atoms with Crippen molar-refractivity contribution in [1.82, 2.24) is 10.2 Å². The molecule has 2 rings (SSSR count). The summed E-state index contributed by atoms with van der Waals surface area (Å²) in [5.74, 6) is 0.290. The Labute approximate surface area is 129 Å². The van der Waals surface area contributed by atoms with Gasteiger partial charge in [0, 0.05) is 30.0 Å². The summed E-state index contributed by atoms with van der Waals surface area (Å²) in [4.78, 5) is 14.2. The van der Waals surface area contributed by atoms with Gasteiger partial charge in [0.15, 0.2) is 0 Å². The number of fused-ring (bicyclic) bond motifs is 1. The zero-order valence-electron chi connectivity index (χ0n) is 11.3. The summed E-state index contributed by atoms with van der Waals surface area (Å²) in [5.41, 5.74) is 2.61. The number of benzene rings is 1. The Kier molecular flexibility index (Phi) is 6.30. The van der Waals surface area contributed by atoms with Crippen molar-refractivity contribution in [2.24, 2.45) is 5.92 Å². The highest BCUT2D eigenvalue weighted by Gasteiger charge is 2.24. The number of carbonyl (C=O) groups is 1. The number of nitrogens with zero attached hydrogens (tertiary/aromatic N) is 1. The van der Waals surface area contributed by atoms with Crippen LogP contribution in [0.25, 0.3) is 0 Å². The number of hydrogen-bond acceptors (Lipinski definition) is 2. The zero-order valence-corrected chi connectivity index (χ0v) is 13.7. The predicted molar refractivity (Wildman–Crippen MR) is 83.6 cm³/mol. The number of hydrogen-bond donors (Lipinski definition) is 1. The maximum atomic E-state index is 12.3. The summed E-state index contributed by atoms with van der Waals surface area (Å²) >= 11 is 3.58. The largest absolute Gasteiger partial charge is 0.338 e. The van der Waals surface area contributed by atoms with Crippen LogP contribution in [0.3, 0.4) is 0 Å². The fourth-order valence-electron chi connectivity index (χ4n) is 2.46. The first-order chi connectivity index (χ1) is 8.63. The number of carbonyl (C=O) groups excluding carboxylic acids is 1. The van der Waals surface area contributed by atoms with Gasteiger partial charge in [0.05, 0.1) is 0 Å². The van der Waals surface area contributed by atoms with E-state index in [2.05, 4.69) is 33.4 Å². The van der Waals surface area contributed by atoms with Crippen LogP contribution in [0.2, 0.25) is 0 Å². The van der Waals surface area contributed by atoms with E-state index < -0.39 is 0 Å². The lowest BCUT2D eigenvalue weighted by Crippen LogP contribution is -2.41. The van der Waals surface area contributed by atoms with Gasteiger partial charge >= 0.3 is 0 Å². The topological polar surface area (TPSA) is 32.3 Å². The summed E-state index contributed by atoms with van der Waals surface area (Å²) in [6.45, 7) is 4.28. The summed E-state index contributed by atoms with van der Waals surface area (Å²) < 4.78 is 1.16. The maximum Gasteiger partial charge on any atom is 0.226 e. The van der Waals surface area contributed by atoms with Gasteiger partial charge in [-0.1, -0.05) is 35.0 Å². The molecule has 0 aliphatic carbocycles. The van der Waals surface area contributed by atoms with Crippen molar-refractivity contribution < 1.29 is 4.79 Å². The molecule has 1 unspecified atom stereocenters. The smallest absolute Gasteiger partial charge is 0.226 e. The lowest BCUT2D eigenvalue weighted by atomic mass is 9.98. The van der Waals surface area contributed by atoms with Gasteiger partial charge in [-0.05, 0) is 30.7 Å². The van der Waals surface area contributed by atoms with Crippen LogP contribution in [0.5, 0.6) is 0 Å². The Morgan fingerprint density at radius 2 is 2.26 bits per heavy atom. The second-order valence-electron chi connectivity index (χ2n) is 4.85. The Hall–Kier alpha value is -0.580. The van der Waals surface area contributed by atoms with Gasteiger partial charge < -0.3 is 10.2 Å². The zero-order chi connectivity index (χ0) is 13.1. The number of halogens is 2. The molecule has 0 aromatic heterocycles. The van der Waals surface area contributed by atoms with Crippen molar-refractivity contribution in [3.8, 4) is 0 Å². The third-order valence-electron chi connectivity index (χ3n) is 3.45. The van der Waals surface area contributed by atoms with E-state index in [9.17, 15) is 4.79 Å². The molecule has 0 radical (unpaired) electrons. The van der Waals surface area contributed by atoms with Crippen molar-refractivity contribution in [2.75, 3.05) is 20.1 Å². The Morgan fingerprint density at radius 3 is 2.95 bits per heavy atom. The molecule has 1 aromatic rings. The van der Waals surface area contributed by atoms with Gasteiger partial charge in [0.2, 0.25) is 5.91 Å². The second kappa shape index (κ2) is 7.27. The molecule has 1 aliphatic heterocycles. The van der Waals surface area contributed by atoms with Crippen LogP contribution in [-0.2, 0) is 17.8 Å². The molecule has 1 aromatic carbocycles. The van der Waals surface area contributed by atoms with Crippen molar-refractivity contribution >= 4 is 34.2 Å². The molecule has 1 N–H and O–H groups in total. The monoisotopic (exact) mass is 346 g/mol. The van der Waals surface area contributed by atoms with E-state index in [0.717, 1.165) is 30.5 Å². The molecule has 1 amide bonds. The van der Waals surface area contributed by atoms with E-state index >= 15 is 0 Å². The first-order valence-electron chi connectivity index (χ1n) is 6.33. The van der Waals surface area contributed by atoms with Crippen molar-refractivity contribution in [3.05, 3.63) is 33.8 Å². The average Bonchev–Trinajstić information content (AvgIpc) is 2.38. The summed E-state index contributed by atoms with van der Waals surface area (Å²) in [6, 6.07) is 6.22. The van der Waals surface area contributed by atoms with E-state index in [1.807, 2.05) is 24.9 Å². The van der Waals surface area contributed by atoms with Crippen LogP contribution < -0.4 is 5.32 Å². The lowest BCUT2D eigenvalue weighted by Gasteiger charge is -2.31. The molecule has 1 aliphatic rings. The summed E-state index contributed by atoms with van der Waals surface area (Å²) in [6.07, 6.45) is 0.939. The van der Waals surface area contributed by atoms with Crippen molar-refractivity contribution in [3.63, 3.8) is 0 Å². The van der Waals surface area contributed by atoms with Crippen LogP contribution in [0.4, 0.5) is 0 Å². The average molecular weight is 348 g/mol. The molecule has 5 heteroatoms. The second-order valence-corrected chi connectivity index (χ2v) is 5.70. The molecule has 3 nitrogen and oxygen atoms in total. The van der Waals surface area contributed by atoms with Gasteiger partial charge in [-0.15, -0.1) is 12.4 Å². The molecule has 0 bridgehead atoms. The van der Waals surface area contributed by atoms with Gasteiger partial charge in [0.25, 0.3) is 0 Å². The third kappa shape index (κ3) is 3.71. The molecule has 106 valence electrons. The molecular formula is C14H20BrClN2O. The Morgan fingerprint density at radius 1 is 1.53 bits per heavy atom. The first kappa shape index (κ1) is 16.5. The molecule has 1 atom stereocenters. The van der Waals surface area contributed by atoms with E-state index in [4.69, 9.17) is 0 Å². The molecule has 0 spiro atoms. The molecule has 0 saturated carbocycles. The standard InChI is InChI=1S/C14H19BrN2O.ClH/c1-10(8-16-2)14(18)17-7-6-12-11(9-17)4-3-5-13(12)15;/h3-5,10,16H,6-9H2,1-2H3;1H. The van der Waals surface area contributed by atoms with Crippen LogP contribution in [0.15, 0.2) is 22.7 Å². The van der Waals surface area contributed by atoms with Gasteiger partial charge in [-0.3, -0.25) is 4.79 Å². The lowest BCUT2D eigenvalue weighted by molar-refractivity contribution is -0.135. The molecular weight excluding hydrogens is 328 g/mol. The molecule has 19 heavy (non-hydrogen) atoms. The van der Waals surface area contributed by atoms with Gasteiger partial charge in [0.1, 0.15) is 0 Å². The summed E-state index contributed by atoms with van der Waals surface area (Å²) in [5, 5.41) is 3.06. The highest BCUT2D eigenvalue weighted by molar-refractivity contribution is 9.10. The van der Waals surface area contributed by atoms with E-state index in [1.54, 1.807) is 0 Å². The Balaban J connectivity index is 0.00000180. The van der Waals surface area contributed by atoms with Crippen LogP contribution in [-0.4, -0.2) is 30.9 Å². The summed E-state index contributed by atoms with van der Waals surface area (Å²) in [7, 11) is 1.88. The maximum absolute atomic E-state index is 12.3. The highest BCUT2D eigenvalue weighted by atomic mass is 79.9. The first-order valence-corrected chi connectivity index (χ1v) is 7.12. The minimum Gasteiger partial charge on any atom is -0.338 e. The van der Waals surface area contributed by atoms with Gasteiger partial charge in [-0.25, -0.2) is 0 Å². The van der Waals surface area contributed by atoms with E-state index in [0.29, 0.717) is 0 Å². The molecule has 1 heterocycles. The van der Waals surface area contributed by atoms with E-state index in [-0.39, 0.29) is 24.2 Å². The molecule has 0 saturated heterocycles. The fourth-order valence-corrected chi connectivity index (χ4v) is 3.06. The SMILES string of the molecule is CNCC(C)C(=O)N1CCc2c(Br)cccc2C1.Cl. The van der Waals surface area contributed by atoms with Crippen molar-refractivity contribution in [2.45, 2.75) is 19.9 Å². The quantitative estimate of drug-likeness (QED) is 0.911. The third-order valence-corrected chi connectivity index (χ3v) is 4.20. The number of rotatable bonds is 3. The van der Waals surface area contributed by atoms with Gasteiger partial charge in [-0.2, -0.15) is 0 Å². The minimum atomic E-state index is 0. The Bertz CT molecular complexity index is 453. The van der Waals surface area contributed by atoms with Crippen LogP contribution in [0.1, 0.15) is 18.1 Å². The fraction of sp³-hybridized carbons (Fsp3) is 0.500. The van der Waals surface area contributed by atoms with Crippen LogP contribution >= 0.6 is 28.3 Å². The minimum absolute atomic E-state index is 0. The number of nitrogens with one attached hydrogen (secondary N) is 1. The predicted octanol–water partition coefficient (Wildman–Crippen LogP) is 2.61. The molecule has 0 fully saturated rings. The van der Waals surface area contributed by atoms with Crippen molar-refractivity contribution in [1.29, 1.82) is 0 Å². The van der Waals surface area contributed by atoms with Crippen LogP contribution in [0, 0.1) is 5.92 Å². The van der Waals surface area contributed by atoms with E-state index in [1.165, 1.54) is 11.1 Å².